The van der Waals surface area contributed by atoms with Crippen molar-refractivity contribution in [2.75, 3.05) is 24.6 Å². The molecule has 4 aromatic carbocycles. The number of carbonyl (C=O) groups excluding carboxylic acids is 1. The minimum atomic E-state index is -0.318. The Labute approximate surface area is 357 Å². The van der Waals surface area contributed by atoms with Gasteiger partial charge in [0.1, 0.15) is 10.4 Å². The summed E-state index contributed by atoms with van der Waals surface area (Å²) in [5.74, 6) is 1.21. The van der Waals surface area contributed by atoms with Gasteiger partial charge in [-0.15, -0.1) is 15.3 Å². The number of thioether (sulfide) groups is 2. The lowest BCUT2D eigenvalue weighted by Crippen LogP contribution is -2.17. The van der Waals surface area contributed by atoms with Crippen LogP contribution in [0.2, 0.25) is 0 Å². The highest BCUT2D eigenvalue weighted by Gasteiger charge is 2.36. The van der Waals surface area contributed by atoms with Gasteiger partial charge in [0, 0.05) is 24.9 Å². The number of hydrogen-bond donors (Lipinski definition) is 0. The summed E-state index contributed by atoms with van der Waals surface area (Å²) in [7, 11) is 0. The van der Waals surface area contributed by atoms with Crippen molar-refractivity contribution in [3.8, 4) is 11.1 Å². The summed E-state index contributed by atoms with van der Waals surface area (Å²) in [6, 6.07) is 35.0. The molecule has 8 rings (SSSR count). The predicted molar refractivity (Wildman–Crippen MR) is 245 cm³/mol. The number of rotatable bonds is 16. The average molecular weight is 823 g/mol. The Bertz CT molecular complexity index is 2130. The second-order valence-corrected chi connectivity index (χ2v) is 18.4. The first-order valence-corrected chi connectivity index (χ1v) is 23.2. The summed E-state index contributed by atoms with van der Waals surface area (Å²) in [4.78, 5) is 18.3. The van der Waals surface area contributed by atoms with Crippen LogP contribution in [0.4, 0.5) is 17.1 Å². The highest BCUT2D eigenvalue weighted by atomic mass is 32.2. The van der Waals surface area contributed by atoms with Crippen LogP contribution in [-0.2, 0) is 16.0 Å². The number of aliphatic imine (C=N–C) groups is 1. The maximum atomic E-state index is 11.1. The third-order valence-corrected chi connectivity index (χ3v) is 14.3. The Morgan fingerprint density at radius 2 is 1.36 bits per heavy atom. The summed E-state index contributed by atoms with van der Waals surface area (Å²) >= 11 is 3.27. The summed E-state index contributed by atoms with van der Waals surface area (Å²) in [5.41, 5.74) is 9.50. The number of amidine groups is 1. The molecule has 2 unspecified atom stereocenters. The molecular weight excluding hydrogens is 769 g/mol. The molecule has 3 aliphatic heterocycles. The van der Waals surface area contributed by atoms with Crippen molar-refractivity contribution < 1.29 is 9.53 Å². The quantitative estimate of drug-likeness (QED) is 0.0486. The van der Waals surface area contributed by atoms with Crippen molar-refractivity contribution in [1.29, 1.82) is 0 Å². The Balaban J connectivity index is 0.737. The van der Waals surface area contributed by atoms with E-state index in [9.17, 15) is 4.79 Å². The standard InChI is InChI=1S/C49H54N6O2S2/c1-2-47(56)57-32-8-4-3-5-9-35-10-16-38(17-11-35)40-20-22-41(23-21-40)39-18-12-36(13-19-39)33-37-14-24-42(25-15-37)51-53-46-34-45-48(59-46)50-49(58-45)54-52-43-26-28-44(29-27-43)55-30-6-7-31-55/h2,12-15,18-29,34-35,38,45,48H,1,3-11,16-17,30-33H2. The number of unbranched alkanes of at least 4 members (excludes halogenated alkanes) is 3. The van der Waals surface area contributed by atoms with Gasteiger partial charge in [0.2, 0.25) is 5.17 Å². The van der Waals surface area contributed by atoms with Gasteiger partial charge in [-0.3, -0.25) is 0 Å². The molecule has 1 saturated carbocycles. The van der Waals surface area contributed by atoms with Crippen LogP contribution in [0.25, 0.3) is 11.1 Å². The lowest BCUT2D eigenvalue weighted by atomic mass is 9.77. The second kappa shape index (κ2) is 20.4. The molecule has 8 nitrogen and oxygen atoms in total. The topological polar surface area (TPSA) is 91.3 Å². The van der Waals surface area contributed by atoms with E-state index in [1.807, 2.05) is 24.3 Å². The third-order valence-electron chi connectivity index (χ3n) is 11.9. The molecule has 304 valence electrons. The summed E-state index contributed by atoms with van der Waals surface area (Å²) in [6.07, 6.45) is 17.9. The van der Waals surface area contributed by atoms with Crippen molar-refractivity contribution in [2.24, 2.45) is 31.4 Å². The van der Waals surface area contributed by atoms with Gasteiger partial charge in [-0.05, 0) is 133 Å². The number of benzene rings is 4. The molecule has 1 saturated heterocycles. The Morgan fingerprint density at radius 3 is 2.03 bits per heavy atom. The fourth-order valence-corrected chi connectivity index (χ4v) is 10.8. The highest BCUT2D eigenvalue weighted by Crippen LogP contribution is 2.45. The van der Waals surface area contributed by atoms with Gasteiger partial charge in [0.25, 0.3) is 0 Å². The van der Waals surface area contributed by atoms with Crippen LogP contribution in [0.3, 0.4) is 0 Å². The second-order valence-electron chi connectivity index (χ2n) is 16.1. The smallest absolute Gasteiger partial charge is 0.330 e. The lowest BCUT2D eigenvalue weighted by Gasteiger charge is -2.29. The Morgan fingerprint density at radius 1 is 0.729 bits per heavy atom. The van der Waals surface area contributed by atoms with E-state index in [1.165, 1.54) is 97.4 Å². The number of nitrogens with zero attached hydrogens (tertiary/aromatic N) is 6. The molecule has 0 spiro atoms. The molecule has 10 heteroatoms. The molecule has 59 heavy (non-hydrogen) atoms. The molecule has 4 aliphatic rings. The average Bonchev–Trinajstić information content (AvgIpc) is 4.04. The number of esters is 1. The monoisotopic (exact) mass is 822 g/mol. The van der Waals surface area contributed by atoms with Crippen LogP contribution in [0.15, 0.2) is 146 Å². The van der Waals surface area contributed by atoms with E-state index in [4.69, 9.17) is 9.73 Å². The maximum absolute atomic E-state index is 11.1. The molecule has 2 fully saturated rings. The van der Waals surface area contributed by atoms with Crippen molar-refractivity contribution in [3.63, 3.8) is 0 Å². The van der Waals surface area contributed by atoms with Crippen molar-refractivity contribution >= 4 is 51.7 Å². The van der Waals surface area contributed by atoms with Crippen LogP contribution >= 0.6 is 23.5 Å². The van der Waals surface area contributed by atoms with Crippen LogP contribution in [0.5, 0.6) is 0 Å². The minimum Gasteiger partial charge on any atom is -0.463 e. The molecule has 1 aliphatic carbocycles. The number of ether oxygens (including phenoxy) is 1. The van der Waals surface area contributed by atoms with Gasteiger partial charge in [-0.25, -0.2) is 9.79 Å². The number of azo groups is 2. The zero-order valence-electron chi connectivity index (χ0n) is 33.8. The summed E-state index contributed by atoms with van der Waals surface area (Å²) < 4.78 is 5.07. The molecule has 3 heterocycles. The van der Waals surface area contributed by atoms with Crippen LogP contribution in [-0.4, -0.2) is 41.5 Å². The van der Waals surface area contributed by atoms with E-state index in [1.54, 1.807) is 23.5 Å². The van der Waals surface area contributed by atoms with Gasteiger partial charge in [0.15, 0.2) is 0 Å². The largest absolute Gasteiger partial charge is 0.463 e. The number of carbonyl (C=O) groups is 1. The Kier molecular flexibility index (Phi) is 14.2. The SMILES string of the molecule is C=CC(=O)OCCCCCCC1CCC(c2ccc(-c3ccc(Cc4ccc(N=NC5=CC6SC(N=Nc7ccc(N8CCCC8)cc7)=NC6S5)cc4)cc3)cc2)CC1. The molecule has 0 amide bonds. The molecule has 0 bridgehead atoms. The van der Waals surface area contributed by atoms with Crippen LogP contribution in [0, 0.1) is 5.92 Å². The van der Waals surface area contributed by atoms with E-state index in [0.717, 1.165) is 59.8 Å². The zero-order chi connectivity index (χ0) is 40.2. The fourth-order valence-electron chi connectivity index (χ4n) is 8.51. The van der Waals surface area contributed by atoms with Crippen molar-refractivity contribution in [2.45, 2.75) is 93.6 Å². The normalized spacial score (nSPS) is 21.5. The van der Waals surface area contributed by atoms with Crippen molar-refractivity contribution in [1.82, 2.24) is 0 Å². The number of anilines is 1. The molecular formula is C49H54N6O2S2. The van der Waals surface area contributed by atoms with E-state index in [-0.39, 0.29) is 16.6 Å². The lowest BCUT2D eigenvalue weighted by molar-refractivity contribution is -0.137. The Hall–Kier alpha value is -4.80. The zero-order valence-corrected chi connectivity index (χ0v) is 35.5. The summed E-state index contributed by atoms with van der Waals surface area (Å²) in [5, 5.41) is 19.8. The molecule has 0 aromatic heterocycles. The third kappa shape index (κ3) is 11.5. The van der Waals surface area contributed by atoms with E-state index in [2.05, 4.69) is 111 Å². The minimum absolute atomic E-state index is 0.0618. The maximum Gasteiger partial charge on any atom is 0.330 e. The highest BCUT2D eigenvalue weighted by molar-refractivity contribution is 8.16. The van der Waals surface area contributed by atoms with Gasteiger partial charge >= 0.3 is 5.97 Å². The van der Waals surface area contributed by atoms with E-state index >= 15 is 0 Å². The molecule has 0 radical (unpaired) electrons. The van der Waals surface area contributed by atoms with E-state index in [0.29, 0.717) is 12.5 Å². The van der Waals surface area contributed by atoms with Crippen molar-refractivity contribution in [3.05, 3.63) is 138 Å². The van der Waals surface area contributed by atoms with Gasteiger partial charge in [-0.1, -0.05) is 116 Å². The number of fused-ring (bicyclic) bond motifs is 1. The number of hydrogen-bond acceptors (Lipinski definition) is 10. The first-order chi connectivity index (χ1) is 29.0. The van der Waals surface area contributed by atoms with Crippen LogP contribution < -0.4 is 4.90 Å². The molecule has 2 atom stereocenters. The molecule has 4 aromatic rings. The van der Waals surface area contributed by atoms with Gasteiger partial charge in [0.05, 0.1) is 23.2 Å². The first-order valence-electron chi connectivity index (χ1n) is 21.4. The van der Waals surface area contributed by atoms with Gasteiger partial charge < -0.3 is 9.64 Å². The van der Waals surface area contributed by atoms with Crippen LogP contribution in [0.1, 0.15) is 93.2 Å². The predicted octanol–water partition coefficient (Wildman–Crippen LogP) is 13.8. The summed E-state index contributed by atoms with van der Waals surface area (Å²) in [6.45, 7) is 6.22. The first kappa shape index (κ1) is 41.0. The van der Waals surface area contributed by atoms with Gasteiger partial charge in [-0.2, -0.15) is 5.11 Å². The van der Waals surface area contributed by atoms with E-state index < -0.39 is 0 Å². The molecule has 0 N–H and O–H groups in total. The fraction of sp³-hybridized carbons (Fsp3) is 0.388.